The first-order valence-electron chi connectivity index (χ1n) is 7.81. The van der Waals surface area contributed by atoms with Gasteiger partial charge in [-0.1, -0.05) is 23.7 Å². The smallest absolute Gasteiger partial charge is 0.288 e. The van der Waals surface area contributed by atoms with E-state index in [0.717, 1.165) is 16.3 Å². The van der Waals surface area contributed by atoms with Crippen molar-refractivity contribution in [1.82, 2.24) is 4.98 Å². The van der Waals surface area contributed by atoms with Crippen LogP contribution >= 0.6 is 22.9 Å². The predicted molar refractivity (Wildman–Crippen MR) is 108 cm³/mol. The molecule has 1 heterocycles. The highest BCUT2D eigenvalue weighted by atomic mass is 35.5. The third-order valence-corrected chi connectivity index (χ3v) is 4.92. The minimum Gasteiger partial charge on any atom is -0.493 e. The van der Waals surface area contributed by atoms with Gasteiger partial charge in [0.2, 0.25) is 0 Å². The Morgan fingerprint density at radius 2 is 1.89 bits per heavy atom. The van der Waals surface area contributed by atoms with Gasteiger partial charge in [-0.15, -0.1) is 11.3 Å². The Kier molecular flexibility index (Phi) is 5.73. The van der Waals surface area contributed by atoms with E-state index in [9.17, 15) is 10.1 Å². The highest BCUT2D eigenvalue weighted by Gasteiger charge is 2.12. The lowest BCUT2D eigenvalue weighted by atomic mass is 10.1. The molecule has 3 aromatic rings. The molecule has 8 heteroatoms. The molecule has 1 aromatic heterocycles. The first-order valence-corrected chi connectivity index (χ1v) is 9.07. The topological polar surface area (TPSA) is 74.5 Å². The van der Waals surface area contributed by atoms with Gasteiger partial charge in [-0.3, -0.25) is 10.1 Å². The van der Waals surface area contributed by atoms with Gasteiger partial charge in [0.05, 0.1) is 24.8 Å². The molecule has 0 fully saturated rings. The largest absolute Gasteiger partial charge is 0.493 e. The van der Waals surface area contributed by atoms with Gasteiger partial charge in [0.25, 0.3) is 5.69 Å². The molecule has 0 aliphatic carbocycles. The van der Waals surface area contributed by atoms with Gasteiger partial charge in [0.1, 0.15) is 10.0 Å². The highest BCUT2D eigenvalue weighted by molar-refractivity contribution is 7.10. The summed E-state index contributed by atoms with van der Waals surface area (Å²) in [6.07, 6.45) is 3.57. The van der Waals surface area contributed by atoms with Gasteiger partial charge < -0.3 is 9.47 Å². The molecular weight excluding hydrogens is 388 g/mol. The van der Waals surface area contributed by atoms with Gasteiger partial charge in [-0.05, 0) is 35.9 Å². The summed E-state index contributed by atoms with van der Waals surface area (Å²) >= 11 is 7.30. The van der Waals surface area contributed by atoms with Crippen LogP contribution in [0, 0.1) is 10.1 Å². The molecule has 6 nitrogen and oxygen atoms in total. The van der Waals surface area contributed by atoms with Crippen LogP contribution < -0.4 is 9.47 Å². The molecule has 0 spiro atoms. The van der Waals surface area contributed by atoms with Crippen molar-refractivity contribution in [3.63, 3.8) is 0 Å². The Bertz CT molecular complexity index is 1020. The Morgan fingerprint density at radius 1 is 1.11 bits per heavy atom. The molecule has 0 amide bonds. The summed E-state index contributed by atoms with van der Waals surface area (Å²) in [6.45, 7) is 0. The monoisotopic (exact) mass is 402 g/mol. The van der Waals surface area contributed by atoms with Crippen molar-refractivity contribution in [1.29, 1.82) is 0 Å². The number of methoxy groups -OCH3 is 2. The molecular formula is C19H15ClN2O4S. The number of rotatable bonds is 6. The number of benzene rings is 2. The summed E-state index contributed by atoms with van der Waals surface area (Å²) in [5.41, 5.74) is 2.27. The minimum atomic E-state index is -0.502. The lowest BCUT2D eigenvalue weighted by Gasteiger charge is -2.08. The zero-order valence-electron chi connectivity index (χ0n) is 14.5. The zero-order valence-corrected chi connectivity index (χ0v) is 16.1. The van der Waals surface area contributed by atoms with Crippen LogP contribution in [-0.2, 0) is 0 Å². The van der Waals surface area contributed by atoms with Crippen molar-refractivity contribution in [2.45, 2.75) is 0 Å². The third-order valence-electron chi connectivity index (χ3n) is 3.79. The van der Waals surface area contributed by atoms with E-state index in [-0.39, 0.29) is 10.7 Å². The first kappa shape index (κ1) is 18.9. The number of halogens is 1. The zero-order chi connectivity index (χ0) is 19.4. The van der Waals surface area contributed by atoms with E-state index in [1.807, 2.05) is 29.7 Å². The second-order valence-corrected chi connectivity index (χ2v) is 6.74. The van der Waals surface area contributed by atoms with Crippen molar-refractivity contribution in [2.75, 3.05) is 14.2 Å². The van der Waals surface area contributed by atoms with Crippen molar-refractivity contribution in [3.8, 4) is 22.8 Å². The third kappa shape index (κ3) is 4.27. The average molecular weight is 403 g/mol. The lowest BCUT2D eigenvalue weighted by Crippen LogP contribution is -1.90. The minimum absolute atomic E-state index is 0.113. The number of aromatic nitrogens is 1. The maximum Gasteiger partial charge on any atom is 0.288 e. The highest BCUT2D eigenvalue weighted by Crippen LogP contribution is 2.33. The van der Waals surface area contributed by atoms with Crippen LogP contribution in [0.15, 0.2) is 41.8 Å². The van der Waals surface area contributed by atoms with Crippen LogP contribution in [0.25, 0.3) is 23.4 Å². The number of nitro groups is 1. The number of nitro benzene ring substituents is 1. The maximum absolute atomic E-state index is 11.0. The second kappa shape index (κ2) is 8.20. The number of hydrogen-bond donors (Lipinski definition) is 0. The molecule has 0 radical (unpaired) electrons. The van der Waals surface area contributed by atoms with Gasteiger partial charge >= 0.3 is 0 Å². The van der Waals surface area contributed by atoms with Crippen LogP contribution in [0.2, 0.25) is 5.02 Å². The van der Waals surface area contributed by atoms with Gasteiger partial charge in [0.15, 0.2) is 11.5 Å². The Balaban J connectivity index is 1.83. The summed E-state index contributed by atoms with van der Waals surface area (Å²) in [4.78, 5) is 15.0. The molecule has 0 saturated heterocycles. The van der Waals surface area contributed by atoms with E-state index in [1.54, 1.807) is 26.4 Å². The van der Waals surface area contributed by atoms with E-state index in [0.29, 0.717) is 17.1 Å². The number of ether oxygens (including phenoxy) is 2. The molecule has 2 aromatic carbocycles. The van der Waals surface area contributed by atoms with Crippen LogP contribution in [0.4, 0.5) is 5.69 Å². The summed E-state index contributed by atoms with van der Waals surface area (Å²) in [7, 11) is 3.17. The Morgan fingerprint density at radius 3 is 2.59 bits per heavy atom. The fourth-order valence-corrected chi connectivity index (χ4v) is 3.34. The van der Waals surface area contributed by atoms with Gasteiger partial charge in [-0.2, -0.15) is 0 Å². The quantitative estimate of drug-likeness (QED) is 0.398. The lowest BCUT2D eigenvalue weighted by molar-refractivity contribution is -0.384. The van der Waals surface area contributed by atoms with Crippen molar-refractivity contribution in [2.24, 2.45) is 0 Å². The van der Waals surface area contributed by atoms with Crippen molar-refractivity contribution in [3.05, 3.63) is 67.5 Å². The fourth-order valence-electron chi connectivity index (χ4n) is 2.43. The Labute approximate surface area is 164 Å². The van der Waals surface area contributed by atoms with E-state index in [1.165, 1.54) is 23.5 Å². The van der Waals surface area contributed by atoms with Crippen molar-refractivity contribution >= 4 is 40.8 Å². The standard InChI is InChI=1S/C19H15ClN2O4S/c1-25-17-7-5-13(10-18(17)26-2)15-11-27-19(21-15)8-4-12-3-6-14(20)16(9-12)22(23)24/h3-11H,1-2H3/b8-4+. The molecule has 138 valence electrons. The Hall–Kier alpha value is -2.90. The van der Waals surface area contributed by atoms with Crippen LogP contribution in [-0.4, -0.2) is 24.1 Å². The predicted octanol–water partition coefficient (Wildman–Crippen LogP) is 5.56. The van der Waals surface area contributed by atoms with Crippen LogP contribution in [0.1, 0.15) is 10.6 Å². The van der Waals surface area contributed by atoms with E-state index in [2.05, 4.69) is 4.98 Å². The van der Waals surface area contributed by atoms with E-state index >= 15 is 0 Å². The molecule has 27 heavy (non-hydrogen) atoms. The molecule has 0 N–H and O–H groups in total. The molecule has 0 aliphatic rings. The summed E-state index contributed by atoms with van der Waals surface area (Å²) in [5.74, 6) is 1.29. The molecule has 0 aliphatic heterocycles. The number of thiazole rings is 1. The van der Waals surface area contributed by atoms with Crippen LogP contribution in [0.3, 0.4) is 0 Å². The van der Waals surface area contributed by atoms with E-state index in [4.69, 9.17) is 21.1 Å². The van der Waals surface area contributed by atoms with Gasteiger partial charge in [-0.25, -0.2) is 4.98 Å². The SMILES string of the molecule is COc1ccc(-c2csc(/C=C/c3ccc(Cl)c([N+](=O)[O-])c3)n2)cc1OC. The summed E-state index contributed by atoms with van der Waals surface area (Å²) < 4.78 is 10.6. The molecule has 0 saturated carbocycles. The van der Waals surface area contributed by atoms with Crippen molar-refractivity contribution < 1.29 is 14.4 Å². The number of hydrogen-bond acceptors (Lipinski definition) is 6. The normalized spacial score (nSPS) is 10.9. The second-order valence-electron chi connectivity index (χ2n) is 5.44. The summed E-state index contributed by atoms with van der Waals surface area (Å²) in [5, 5.41) is 13.8. The maximum atomic E-state index is 11.0. The van der Waals surface area contributed by atoms with Gasteiger partial charge in [0, 0.05) is 17.0 Å². The molecule has 0 atom stereocenters. The van der Waals surface area contributed by atoms with E-state index < -0.39 is 4.92 Å². The van der Waals surface area contributed by atoms with Crippen LogP contribution in [0.5, 0.6) is 11.5 Å². The first-order chi connectivity index (χ1) is 13.0. The fraction of sp³-hybridized carbons (Fsp3) is 0.105. The molecule has 0 bridgehead atoms. The summed E-state index contributed by atoms with van der Waals surface area (Å²) in [6, 6.07) is 10.3. The average Bonchev–Trinajstić information content (AvgIpc) is 3.15. The number of nitrogens with zero attached hydrogens (tertiary/aromatic N) is 2. The molecule has 3 rings (SSSR count). The molecule has 0 unspecified atom stereocenters.